The van der Waals surface area contributed by atoms with Crippen LogP contribution in [-0.4, -0.2) is 17.3 Å². The summed E-state index contributed by atoms with van der Waals surface area (Å²) < 4.78 is 5.80. The average molecular weight is 218 g/mol. The lowest BCUT2D eigenvalue weighted by atomic mass is 10.0. The van der Waals surface area contributed by atoms with Crippen LogP contribution in [0.2, 0.25) is 0 Å². The van der Waals surface area contributed by atoms with Crippen LogP contribution in [0.25, 0.3) is 0 Å². The van der Waals surface area contributed by atoms with E-state index in [4.69, 9.17) is 4.74 Å². The Labute approximate surface area is 97.0 Å². The van der Waals surface area contributed by atoms with Crippen molar-refractivity contribution < 1.29 is 9.84 Å². The van der Waals surface area contributed by atoms with E-state index >= 15 is 0 Å². The molecule has 0 aromatic carbocycles. The zero-order chi connectivity index (χ0) is 11.2. The van der Waals surface area contributed by atoms with E-state index in [1.54, 1.807) is 0 Å². The summed E-state index contributed by atoms with van der Waals surface area (Å²) in [4.78, 5) is 0. The van der Waals surface area contributed by atoms with Crippen LogP contribution in [0.4, 0.5) is 0 Å². The molecule has 0 fully saturated rings. The number of allylic oxidation sites excluding steroid dienone is 1. The summed E-state index contributed by atoms with van der Waals surface area (Å²) in [5.41, 5.74) is 3.13. The van der Waals surface area contributed by atoms with Gasteiger partial charge in [0.05, 0.1) is 0 Å². The van der Waals surface area contributed by atoms with Gasteiger partial charge in [-0.25, -0.2) is 0 Å². The molecular formula is C14H18O2. The van der Waals surface area contributed by atoms with Gasteiger partial charge in [0, 0.05) is 12.8 Å². The molecule has 2 nitrogen and oxygen atoms in total. The van der Waals surface area contributed by atoms with Crippen molar-refractivity contribution in [3.05, 3.63) is 17.6 Å². The molecule has 0 aromatic heterocycles. The van der Waals surface area contributed by atoms with Crippen molar-refractivity contribution >= 4 is 0 Å². The molecule has 2 heteroatoms. The highest BCUT2D eigenvalue weighted by Gasteiger charge is 2.21. The molecule has 2 unspecified atom stereocenters. The summed E-state index contributed by atoms with van der Waals surface area (Å²) in [5.74, 6) is 6.73. The number of aliphatic hydroxyl groups is 1. The molecule has 0 saturated carbocycles. The number of aliphatic hydroxyl groups excluding tert-OH is 1. The maximum atomic E-state index is 9.85. The molecule has 16 heavy (non-hydrogen) atoms. The van der Waals surface area contributed by atoms with Crippen molar-refractivity contribution in [1.82, 2.24) is 0 Å². The van der Waals surface area contributed by atoms with E-state index in [-0.39, 0.29) is 6.10 Å². The van der Waals surface area contributed by atoms with Gasteiger partial charge >= 0.3 is 0 Å². The highest BCUT2D eigenvalue weighted by molar-refractivity contribution is 5.09. The van der Waals surface area contributed by atoms with Crippen molar-refractivity contribution in [1.29, 1.82) is 0 Å². The van der Waals surface area contributed by atoms with Gasteiger partial charge in [0.15, 0.2) is 6.10 Å². The summed E-state index contributed by atoms with van der Waals surface area (Å²) in [5, 5.41) is 9.85. The van der Waals surface area contributed by atoms with Crippen molar-refractivity contribution in [2.75, 3.05) is 0 Å². The third-order valence-corrected chi connectivity index (χ3v) is 2.95. The van der Waals surface area contributed by atoms with E-state index in [1.807, 2.05) is 6.08 Å². The predicted octanol–water partition coefficient (Wildman–Crippen LogP) is 2.53. The molecule has 2 atom stereocenters. The number of hydrogen-bond acceptors (Lipinski definition) is 2. The Morgan fingerprint density at radius 3 is 3.06 bits per heavy atom. The Bertz CT molecular complexity index is 353. The van der Waals surface area contributed by atoms with Crippen LogP contribution in [0, 0.1) is 11.8 Å². The van der Waals surface area contributed by atoms with Crippen molar-refractivity contribution in [3.63, 3.8) is 0 Å². The summed E-state index contributed by atoms with van der Waals surface area (Å²) in [7, 11) is 0. The Morgan fingerprint density at radius 1 is 1.31 bits per heavy atom. The minimum atomic E-state index is -0.642. The molecule has 0 aromatic rings. The van der Waals surface area contributed by atoms with Gasteiger partial charge in [0.2, 0.25) is 0 Å². The summed E-state index contributed by atoms with van der Waals surface area (Å²) in [6.07, 6.45) is 8.32. The SMILES string of the molecule is OC1C#CCCCCC1OC1=C=CCCC1. The first-order chi connectivity index (χ1) is 7.86. The molecule has 0 amide bonds. The molecule has 0 saturated heterocycles. The fraction of sp³-hybridized carbons (Fsp3) is 0.643. The molecule has 0 radical (unpaired) electrons. The third-order valence-electron chi connectivity index (χ3n) is 2.95. The number of rotatable bonds is 2. The van der Waals surface area contributed by atoms with E-state index in [0.717, 1.165) is 50.7 Å². The maximum absolute atomic E-state index is 9.85. The number of ether oxygens (including phenoxy) is 1. The van der Waals surface area contributed by atoms with Crippen LogP contribution in [-0.2, 0) is 4.74 Å². The van der Waals surface area contributed by atoms with Gasteiger partial charge < -0.3 is 9.84 Å². The van der Waals surface area contributed by atoms with Gasteiger partial charge in [-0.1, -0.05) is 11.7 Å². The fourth-order valence-corrected chi connectivity index (χ4v) is 2.01. The lowest BCUT2D eigenvalue weighted by Crippen LogP contribution is -2.28. The first kappa shape index (κ1) is 11.3. The van der Waals surface area contributed by atoms with Gasteiger partial charge in [0.25, 0.3) is 0 Å². The van der Waals surface area contributed by atoms with Gasteiger partial charge in [0.1, 0.15) is 11.9 Å². The second-order valence-electron chi connectivity index (χ2n) is 4.33. The molecule has 2 aliphatic rings. The third kappa shape index (κ3) is 3.17. The summed E-state index contributed by atoms with van der Waals surface area (Å²) >= 11 is 0. The monoisotopic (exact) mass is 218 g/mol. The highest BCUT2D eigenvalue weighted by Crippen LogP contribution is 2.20. The van der Waals surface area contributed by atoms with Crippen molar-refractivity contribution in [3.8, 4) is 11.8 Å². The van der Waals surface area contributed by atoms with E-state index in [2.05, 4.69) is 17.6 Å². The van der Waals surface area contributed by atoms with Crippen molar-refractivity contribution in [2.45, 2.75) is 57.2 Å². The second kappa shape index (κ2) is 5.80. The van der Waals surface area contributed by atoms with Crippen LogP contribution in [0.1, 0.15) is 44.9 Å². The molecule has 0 aliphatic heterocycles. The van der Waals surface area contributed by atoms with E-state index in [1.165, 1.54) is 0 Å². The average Bonchev–Trinajstić information content (AvgIpc) is 2.30. The van der Waals surface area contributed by atoms with Gasteiger partial charge in [-0.3, -0.25) is 0 Å². The number of hydrogen-bond donors (Lipinski definition) is 1. The summed E-state index contributed by atoms with van der Waals surface area (Å²) in [6, 6.07) is 0. The fourth-order valence-electron chi connectivity index (χ4n) is 2.01. The summed E-state index contributed by atoms with van der Waals surface area (Å²) in [6.45, 7) is 0. The second-order valence-corrected chi connectivity index (χ2v) is 4.33. The van der Waals surface area contributed by atoms with Gasteiger partial charge in [-0.2, -0.15) is 0 Å². The van der Waals surface area contributed by atoms with Crippen LogP contribution < -0.4 is 0 Å². The topological polar surface area (TPSA) is 29.5 Å². The Hall–Kier alpha value is -1.16. The molecule has 1 N–H and O–H groups in total. The predicted molar refractivity (Wildman–Crippen MR) is 62.6 cm³/mol. The molecule has 0 heterocycles. The van der Waals surface area contributed by atoms with Crippen molar-refractivity contribution in [2.24, 2.45) is 0 Å². The smallest absolute Gasteiger partial charge is 0.151 e. The van der Waals surface area contributed by atoms with Crippen LogP contribution >= 0.6 is 0 Å². The standard InChI is InChI=1S/C14H18O2/c15-13-10-6-1-2-7-11-14(13)16-12-8-4-3-5-9-12/h4,13-15H,1-3,5,7,9,11H2. The lowest BCUT2D eigenvalue weighted by Gasteiger charge is -2.23. The Morgan fingerprint density at radius 2 is 2.25 bits per heavy atom. The maximum Gasteiger partial charge on any atom is 0.151 e. The first-order valence-corrected chi connectivity index (χ1v) is 6.13. The van der Waals surface area contributed by atoms with E-state index < -0.39 is 6.10 Å². The quantitative estimate of drug-likeness (QED) is 0.570. The minimum absolute atomic E-state index is 0.165. The zero-order valence-corrected chi connectivity index (χ0v) is 9.54. The van der Waals surface area contributed by atoms with Gasteiger partial charge in [-0.05, 0) is 38.2 Å². The zero-order valence-electron chi connectivity index (χ0n) is 9.54. The van der Waals surface area contributed by atoms with Gasteiger partial charge in [-0.15, -0.1) is 5.92 Å². The largest absolute Gasteiger partial charge is 0.483 e. The molecule has 2 aliphatic carbocycles. The van der Waals surface area contributed by atoms with Crippen LogP contribution in [0.5, 0.6) is 0 Å². The van der Waals surface area contributed by atoms with E-state index in [0.29, 0.717) is 0 Å². The van der Waals surface area contributed by atoms with Crippen LogP contribution in [0.15, 0.2) is 17.6 Å². The lowest BCUT2D eigenvalue weighted by molar-refractivity contribution is 0.0144. The molecular weight excluding hydrogens is 200 g/mol. The highest BCUT2D eigenvalue weighted by atomic mass is 16.5. The Kier molecular flexibility index (Phi) is 4.10. The van der Waals surface area contributed by atoms with E-state index in [9.17, 15) is 5.11 Å². The molecule has 2 rings (SSSR count). The molecule has 0 spiro atoms. The normalized spacial score (nSPS) is 29.4. The first-order valence-electron chi connectivity index (χ1n) is 6.13. The Balaban J connectivity index is 2.00. The molecule has 86 valence electrons. The minimum Gasteiger partial charge on any atom is -0.483 e. The molecule has 0 bridgehead atoms. The van der Waals surface area contributed by atoms with Crippen LogP contribution in [0.3, 0.4) is 0 Å².